The van der Waals surface area contributed by atoms with E-state index in [0.29, 0.717) is 13.0 Å². The van der Waals surface area contributed by atoms with Gasteiger partial charge in [0.15, 0.2) is 11.6 Å². The lowest BCUT2D eigenvalue weighted by Gasteiger charge is -2.16. The first kappa shape index (κ1) is 12.9. The van der Waals surface area contributed by atoms with E-state index in [0.717, 1.165) is 0 Å². The Kier molecular flexibility index (Phi) is 4.65. The minimum Gasteiger partial charge on any atom is -0.348 e. The summed E-state index contributed by atoms with van der Waals surface area (Å²) >= 11 is 0. The molecule has 0 spiro atoms. The number of ether oxygens (including phenoxy) is 2. The van der Waals surface area contributed by atoms with Gasteiger partial charge >= 0.3 is 0 Å². The van der Waals surface area contributed by atoms with Crippen LogP contribution in [0.1, 0.15) is 20.3 Å². The molecule has 1 rings (SSSR count). The monoisotopic (exact) mass is 222 g/mol. The van der Waals surface area contributed by atoms with Gasteiger partial charge in [-0.2, -0.15) is 0 Å². The quantitative estimate of drug-likeness (QED) is 0.529. The highest BCUT2D eigenvalue weighted by Crippen LogP contribution is 2.24. The second-order valence-electron chi connectivity index (χ2n) is 4.10. The molecule has 1 aliphatic rings. The molecule has 3 nitrogen and oxygen atoms in total. The Morgan fingerprint density at radius 2 is 2.19 bits per heavy atom. The van der Waals surface area contributed by atoms with Crippen molar-refractivity contribution in [1.82, 2.24) is 0 Å². The molecule has 0 saturated carbocycles. The van der Waals surface area contributed by atoms with E-state index >= 15 is 0 Å². The van der Waals surface area contributed by atoms with Crippen LogP contribution in [-0.2, 0) is 14.3 Å². The molecule has 1 atom stereocenters. The van der Waals surface area contributed by atoms with E-state index < -0.39 is 5.79 Å². The lowest BCUT2D eigenvalue weighted by molar-refractivity contribution is -0.141. The van der Waals surface area contributed by atoms with Crippen LogP contribution in [0.4, 0.5) is 0 Å². The van der Waals surface area contributed by atoms with Crippen LogP contribution in [0.3, 0.4) is 0 Å². The number of hydrogen-bond acceptors (Lipinski definition) is 3. The topological polar surface area (TPSA) is 35.5 Å². The Balaban J connectivity index is 2.33. The lowest BCUT2D eigenvalue weighted by atomic mass is 10.2. The second kappa shape index (κ2) is 5.77. The zero-order chi connectivity index (χ0) is 12.0. The predicted molar refractivity (Wildman–Crippen MR) is 63.0 cm³/mol. The summed E-state index contributed by atoms with van der Waals surface area (Å²) in [5.74, 6) is -0.516. The molecule has 16 heavy (non-hydrogen) atoms. The van der Waals surface area contributed by atoms with Crippen LogP contribution in [0.5, 0.6) is 0 Å². The van der Waals surface area contributed by atoms with Crippen LogP contribution in [0.2, 0.25) is 0 Å². The molecule has 0 aromatic carbocycles. The average molecular weight is 222 g/mol. The molecule has 1 unspecified atom stereocenters. The molecule has 1 saturated heterocycles. The van der Waals surface area contributed by atoms with E-state index in [-0.39, 0.29) is 11.9 Å². The minimum atomic E-state index is -0.558. The van der Waals surface area contributed by atoms with Gasteiger partial charge in [-0.1, -0.05) is 30.9 Å². The maximum absolute atomic E-state index is 11.5. The van der Waals surface area contributed by atoms with Crippen molar-refractivity contribution in [2.24, 2.45) is 0 Å². The van der Waals surface area contributed by atoms with Gasteiger partial charge in [-0.15, -0.1) is 0 Å². The van der Waals surface area contributed by atoms with Crippen LogP contribution in [-0.4, -0.2) is 24.3 Å². The van der Waals surface area contributed by atoms with E-state index in [1.807, 2.05) is 13.8 Å². The summed E-state index contributed by atoms with van der Waals surface area (Å²) in [4.78, 5) is 11.5. The molecule has 3 heteroatoms. The Morgan fingerprint density at radius 3 is 2.75 bits per heavy atom. The normalized spacial score (nSPS) is 24.2. The first-order chi connectivity index (χ1) is 7.53. The standard InChI is InChI=1S/C13H18O3/c1-4-5-6-7-8-11(14)9-12-10-15-13(2,3)16-12/h4-8,12H,1,9-10H2,2-3H3. The number of hydrogen-bond donors (Lipinski definition) is 0. The Bertz CT molecular complexity index is 313. The first-order valence-corrected chi connectivity index (χ1v) is 5.34. The highest BCUT2D eigenvalue weighted by atomic mass is 16.7. The summed E-state index contributed by atoms with van der Waals surface area (Å²) in [6.45, 7) is 7.71. The fourth-order valence-corrected chi connectivity index (χ4v) is 1.46. The SMILES string of the molecule is C=CC=CC=CC(=O)CC1COC(C)(C)O1. The Hall–Kier alpha value is -1.19. The summed E-state index contributed by atoms with van der Waals surface area (Å²) in [7, 11) is 0. The zero-order valence-electron chi connectivity index (χ0n) is 9.81. The van der Waals surface area contributed by atoms with E-state index in [2.05, 4.69) is 6.58 Å². The molecular formula is C13H18O3. The summed E-state index contributed by atoms with van der Waals surface area (Å²) in [6.07, 6.45) is 8.66. The fourth-order valence-electron chi connectivity index (χ4n) is 1.46. The van der Waals surface area contributed by atoms with Crippen LogP contribution < -0.4 is 0 Å². The first-order valence-electron chi connectivity index (χ1n) is 5.34. The van der Waals surface area contributed by atoms with Crippen molar-refractivity contribution in [3.8, 4) is 0 Å². The van der Waals surface area contributed by atoms with Crippen molar-refractivity contribution in [1.29, 1.82) is 0 Å². The summed E-state index contributed by atoms with van der Waals surface area (Å²) in [5.41, 5.74) is 0. The number of rotatable bonds is 5. The molecule has 0 aromatic heterocycles. The molecular weight excluding hydrogens is 204 g/mol. The maximum atomic E-state index is 11.5. The predicted octanol–water partition coefficient (Wildman–Crippen LogP) is 2.40. The largest absolute Gasteiger partial charge is 0.348 e. The number of carbonyl (C=O) groups is 1. The average Bonchev–Trinajstić information content (AvgIpc) is 2.53. The summed E-state index contributed by atoms with van der Waals surface area (Å²) in [6, 6.07) is 0. The molecule has 1 fully saturated rings. The van der Waals surface area contributed by atoms with Gasteiger partial charge < -0.3 is 9.47 Å². The molecule has 0 N–H and O–H groups in total. The van der Waals surface area contributed by atoms with Gasteiger partial charge in [-0.05, 0) is 19.9 Å². The molecule has 0 radical (unpaired) electrons. The number of carbonyl (C=O) groups excluding carboxylic acids is 1. The fraction of sp³-hybridized carbons (Fsp3) is 0.462. The molecule has 0 amide bonds. The Labute approximate surface area is 96.4 Å². The van der Waals surface area contributed by atoms with Crippen molar-refractivity contribution in [3.63, 3.8) is 0 Å². The molecule has 0 bridgehead atoms. The highest BCUT2D eigenvalue weighted by molar-refractivity contribution is 5.90. The van der Waals surface area contributed by atoms with Gasteiger partial charge in [0, 0.05) is 6.42 Å². The molecule has 1 aliphatic heterocycles. The van der Waals surface area contributed by atoms with Crippen molar-refractivity contribution in [2.45, 2.75) is 32.2 Å². The zero-order valence-corrected chi connectivity index (χ0v) is 9.81. The molecule has 0 aliphatic carbocycles. The lowest BCUT2D eigenvalue weighted by Crippen LogP contribution is -2.22. The van der Waals surface area contributed by atoms with E-state index in [4.69, 9.17) is 9.47 Å². The third-order valence-electron chi connectivity index (χ3n) is 2.14. The smallest absolute Gasteiger partial charge is 0.163 e. The Morgan fingerprint density at radius 1 is 1.44 bits per heavy atom. The van der Waals surface area contributed by atoms with Crippen molar-refractivity contribution < 1.29 is 14.3 Å². The van der Waals surface area contributed by atoms with Crippen molar-refractivity contribution >= 4 is 5.78 Å². The van der Waals surface area contributed by atoms with Crippen LogP contribution in [0, 0.1) is 0 Å². The third kappa shape index (κ3) is 4.55. The molecule has 1 heterocycles. The third-order valence-corrected chi connectivity index (χ3v) is 2.14. The van der Waals surface area contributed by atoms with Gasteiger partial charge in [0.1, 0.15) is 0 Å². The summed E-state index contributed by atoms with van der Waals surface area (Å²) in [5, 5.41) is 0. The van der Waals surface area contributed by atoms with Gasteiger partial charge in [-0.3, -0.25) is 4.79 Å². The van der Waals surface area contributed by atoms with E-state index in [1.165, 1.54) is 6.08 Å². The molecule has 0 aromatic rings. The summed E-state index contributed by atoms with van der Waals surface area (Å²) < 4.78 is 10.9. The van der Waals surface area contributed by atoms with Crippen LogP contribution in [0.15, 0.2) is 37.0 Å². The molecule has 88 valence electrons. The van der Waals surface area contributed by atoms with Crippen LogP contribution >= 0.6 is 0 Å². The van der Waals surface area contributed by atoms with Crippen LogP contribution in [0.25, 0.3) is 0 Å². The maximum Gasteiger partial charge on any atom is 0.163 e. The van der Waals surface area contributed by atoms with Gasteiger partial charge in [0.05, 0.1) is 12.7 Å². The highest BCUT2D eigenvalue weighted by Gasteiger charge is 2.33. The van der Waals surface area contributed by atoms with E-state index in [9.17, 15) is 4.79 Å². The van der Waals surface area contributed by atoms with Crippen molar-refractivity contribution in [2.75, 3.05) is 6.61 Å². The van der Waals surface area contributed by atoms with Crippen molar-refractivity contribution in [3.05, 3.63) is 37.0 Å². The number of ketones is 1. The number of allylic oxidation sites excluding steroid dienone is 5. The second-order valence-corrected chi connectivity index (χ2v) is 4.10. The van der Waals surface area contributed by atoms with Gasteiger partial charge in [0.25, 0.3) is 0 Å². The minimum absolute atomic E-state index is 0.0417. The van der Waals surface area contributed by atoms with Gasteiger partial charge in [-0.25, -0.2) is 0 Å². The van der Waals surface area contributed by atoms with E-state index in [1.54, 1.807) is 24.3 Å². The van der Waals surface area contributed by atoms with Gasteiger partial charge in [0.2, 0.25) is 0 Å².